The molecule has 0 aliphatic carbocycles. The number of rotatable bonds is 6. The van der Waals surface area contributed by atoms with Crippen LogP contribution in [0.15, 0.2) is 77.4 Å². The van der Waals surface area contributed by atoms with Gasteiger partial charge in [-0.25, -0.2) is 9.97 Å². The maximum absolute atomic E-state index is 5.46. The van der Waals surface area contributed by atoms with Gasteiger partial charge in [0.25, 0.3) is 0 Å². The highest BCUT2D eigenvalue weighted by molar-refractivity contribution is 5.67. The van der Waals surface area contributed by atoms with Crippen molar-refractivity contribution in [2.24, 2.45) is 0 Å². The van der Waals surface area contributed by atoms with E-state index >= 15 is 0 Å². The lowest BCUT2D eigenvalue weighted by Gasteiger charge is -2.11. The number of nitrogens with zero attached hydrogens (tertiary/aromatic N) is 2. The number of hydrogen-bond donors (Lipinski definition) is 2. The second-order valence-electron chi connectivity index (χ2n) is 6.45. The molecule has 0 saturated heterocycles. The van der Waals surface area contributed by atoms with Gasteiger partial charge in [0.1, 0.15) is 17.4 Å². The molecule has 0 fully saturated rings. The van der Waals surface area contributed by atoms with Crippen molar-refractivity contribution in [2.75, 3.05) is 17.4 Å². The highest BCUT2D eigenvalue weighted by Gasteiger charge is 2.14. The van der Waals surface area contributed by atoms with E-state index in [1.807, 2.05) is 66.7 Å². The average molecular weight is 386 g/mol. The zero-order valence-electron chi connectivity index (χ0n) is 15.5. The number of benzene rings is 2. The van der Waals surface area contributed by atoms with E-state index in [0.717, 1.165) is 22.8 Å². The Hall–Kier alpha value is -4.00. The summed E-state index contributed by atoms with van der Waals surface area (Å²) in [6.45, 7) is 0.771. The van der Waals surface area contributed by atoms with Gasteiger partial charge in [0.05, 0.1) is 12.8 Å². The van der Waals surface area contributed by atoms with Gasteiger partial charge in [0, 0.05) is 23.4 Å². The SMILES string of the molecule is c1ccc(-c2nc(NCc3ccco3)cc(Nc3ccc4c(c3)OCO4)n2)cc1. The second-order valence-corrected chi connectivity index (χ2v) is 6.45. The summed E-state index contributed by atoms with van der Waals surface area (Å²) >= 11 is 0. The van der Waals surface area contributed by atoms with Crippen molar-refractivity contribution < 1.29 is 13.9 Å². The van der Waals surface area contributed by atoms with Crippen LogP contribution < -0.4 is 20.1 Å². The lowest BCUT2D eigenvalue weighted by molar-refractivity contribution is 0.174. The fourth-order valence-corrected chi connectivity index (χ4v) is 3.03. The highest BCUT2D eigenvalue weighted by atomic mass is 16.7. The minimum Gasteiger partial charge on any atom is -0.467 e. The van der Waals surface area contributed by atoms with Crippen LogP contribution in [-0.2, 0) is 6.54 Å². The molecule has 0 unspecified atom stereocenters. The lowest BCUT2D eigenvalue weighted by Crippen LogP contribution is -2.04. The third kappa shape index (κ3) is 3.84. The highest BCUT2D eigenvalue weighted by Crippen LogP contribution is 2.35. The van der Waals surface area contributed by atoms with Crippen molar-refractivity contribution in [3.05, 3.63) is 78.8 Å². The second kappa shape index (κ2) is 7.55. The van der Waals surface area contributed by atoms with E-state index in [2.05, 4.69) is 20.6 Å². The first-order valence-electron chi connectivity index (χ1n) is 9.21. The Labute approximate surface area is 167 Å². The third-order valence-electron chi connectivity index (χ3n) is 4.43. The molecule has 2 aromatic carbocycles. The molecule has 3 heterocycles. The van der Waals surface area contributed by atoms with Gasteiger partial charge in [-0.2, -0.15) is 0 Å². The van der Waals surface area contributed by atoms with Gasteiger partial charge in [-0.1, -0.05) is 30.3 Å². The maximum Gasteiger partial charge on any atom is 0.231 e. The zero-order chi connectivity index (χ0) is 19.5. The molecule has 0 radical (unpaired) electrons. The van der Waals surface area contributed by atoms with Crippen LogP contribution in [0.25, 0.3) is 11.4 Å². The first kappa shape index (κ1) is 17.1. The molecule has 0 spiro atoms. The first-order valence-corrected chi connectivity index (χ1v) is 9.21. The van der Waals surface area contributed by atoms with Crippen LogP contribution in [0.4, 0.5) is 17.3 Å². The van der Waals surface area contributed by atoms with Crippen LogP contribution in [0, 0.1) is 0 Å². The average Bonchev–Trinajstić information content (AvgIpc) is 3.44. The molecule has 7 nitrogen and oxygen atoms in total. The number of ether oxygens (including phenoxy) is 2. The van der Waals surface area contributed by atoms with Gasteiger partial charge in [0.2, 0.25) is 6.79 Å². The van der Waals surface area contributed by atoms with Gasteiger partial charge < -0.3 is 24.5 Å². The molecule has 2 N–H and O–H groups in total. The van der Waals surface area contributed by atoms with Gasteiger partial charge in [-0.15, -0.1) is 0 Å². The predicted molar refractivity (Wildman–Crippen MR) is 109 cm³/mol. The summed E-state index contributed by atoms with van der Waals surface area (Å²) in [6, 6.07) is 21.2. The predicted octanol–water partition coefficient (Wildman–Crippen LogP) is 4.82. The minimum atomic E-state index is 0.241. The molecule has 4 aromatic rings. The van der Waals surface area contributed by atoms with E-state index in [1.165, 1.54) is 0 Å². The number of nitrogens with one attached hydrogen (secondary N) is 2. The van der Waals surface area contributed by atoms with Crippen molar-refractivity contribution in [3.8, 4) is 22.9 Å². The summed E-state index contributed by atoms with van der Waals surface area (Å²) in [4.78, 5) is 9.33. The van der Waals surface area contributed by atoms with Crippen LogP contribution in [0.3, 0.4) is 0 Å². The van der Waals surface area contributed by atoms with Gasteiger partial charge in [0.15, 0.2) is 17.3 Å². The molecular weight excluding hydrogens is 368 g/mol. The molecule has 2 aromatic heterocycles. The summed E-state index contributed by atoms with van der Waals surface area (Å²) in [6.07, 6.45) is 1.65. The topological polar surface area (TPSA) is 81.4 Å². The number of hydrogen-bond acceptors (Lipinski definition) is 7. The smallest absolute Gasteiger partial charge is 0.231 e. The molecule has 0 bridgehead atoms. The molecule has 29 heavy (non-hydrogen) atoms. The van der Waals surface area contributed by atoms with Crippen molar-refractivity contribution in [1.29, 1.82) is 0 Å². The van der Waals surface area contributed by atoms with E-state index in [9.17, 15) is 0 Å². The fraction of sp³-hybridized carbons (Fsp3) is 0.0909. The normalized spacial score (nSPS) is 12.0. The van der Waals surface area contributed by atoms with E-state index in [0.29, 0.717) is 29.8 Å². The first-order chi connectivity index (χ1) is 14.3. The quantitative estimate of drug-likeness (QED) is 0.492. The van der Waals surface area contributed by atoms with Crippen molar-refractivity contribution in [3.63, 3.8) is 0 Å². The molecule has 0 amide bonds. The van der Waals surface area contributed by atoms with E-state index in [1.54, 1.807) is 6.26 Å². The summed E-state index contributed by atoms with van der Waals surface area (Å²) in [5, 5.41) is 6.62. The molecule has 0 atom stereocenters. The van der Waals surface area contributed by atoms with Crippen LogP contribution in [0.2, 0.25) is 0 Å². The Balaban J connectivity index is 1.45. The molecule has 7 heteroatoms. The number of aromatic nitrogens is 2. The Morgan fingerprint density at radius 1 is 0.828 bits per heavy atom. The summed E-state index contributed by atoms with van der Waals surface area (Å²) in [5.74, 6) is 4.26. The summed E-state index contributed by atoms with van der Waals surface area (Å²) in [5.41, 5.74) is 1.78. The standard InChI is InChI=1S/C22H18N4O3/c1-2-5-15(6-3-1)22-25-20(23-13-17-7-4-10-27-17)12-21(26-22)24-16-8-9-18-19(11-16)29-14-28-18/h1-12H,13-14H2,(H2,23,24,25,26). The maximum atomic E-state index is 5.46. The number of furan rings is 1. The Kier molecular flexibility index (Phi) is 4.46. The van der Waals surface area contributed by atoms with Crippen LogP contribution >= 0.6 is 0 Å². The van der Waals surface area contributed by atoms with Gasteiger partial charge >= 0.3 is 0 Å². The number of anilines is 3. The summed E-state index contributed by atoms with van der Waals surface area (Å²) < 4.78 is 16.2. The zero-order valence-corrected chi connectivity index (χ0v) is 15.5. The molecular formula is C22H18N4O3. The van der Waals surface area contributed by atoms with Crippen molar-refractivity contribution >= 4 is 17.3 Å². The Bertz CT molecular complexity index is 1110. The molecule has 0 saturated carbocycles. The Morgan fingerprint density at radius 2 is 1.69 bits per heavy atom. The van der Waals surface area contributed by atoms with Crippen LogP contribution in [-0.4, -0.2) is 16.8 Å². The molecule has 5 rings (SSSR count). The monoisotopic (exact) mass is 386 g/mol. The summed E-state index contributed by atoms with van der Waals surface area (Å²) in [7, 11) is 0. The van der Waals surface area contributed by atoms with Crippen LogP contribution in [0.5, 0.6) is 11.5 Å². The molecule has 1 aliphatic rings. The lowest BCUT2D eigenvalue weighted by atomic mass is 10.2. The fourth-order valence-electron chi connectivity index (χ4n) is 3.03. The van der Waals surface area contributed by atoms with E-state index in [4.69, 9.17) is 13.9 Å². The molecule has 144 valence electrons. The van der Waals surface area contributed by atoms with Gasteiger partial charge in [-0.3, -0.25) is 0 Å². The molecule has 1 aliphatic heterocycles. The third-order valence-corrected chi connectivity index (χ3v) is 4.43. The van der Waals surface area contributed by atoms with Crippen LogP contribution in [0.1, 0.15) is 5.76 Å². The Morgan fingerprint density at radius 3 is 2.55 bits per heavy atom. The van der Waals surface area contributed by atoms with E-state index in [-0.39, 0.29) is 6.79 Å². The largest absolute Gasteiger partial charge is 0.467 e. The minimum absolute atomic E-state index is 0.241. The van der Waals surface area contributed by atoms with Gasteiger partial charge in [-0.05, 0) is 24.3 Å². The number of fused-ring (bicyclic) bond motifs is 1. The van der Waals surface area contributed by atoms with E-state index < -0.39 is 0 Å². The van der Waals surface area contributed by atoms with Crippen molar-refractivity contribution in [2.45, 2.75) is 6.54 Å². The van der Waals surface area contributed by atoms with Crippen molar-refractivity contribution in [1.82, 2.24) is 9.97 Å².